The Bertz CT molecular complexity index is 890. The van der Waals surface area contributed by atoms with Gasteiger partial charge in [0.05, 0.1) is 11.6 Å². The van der Waals surface area contributed by atoms with Crippen molar-refractivity contribution in [3.63, 3.8) is 0 Å². The molecule has 3 saturated heterocycles. The second-order valence-corrected chi connectivity index (χ2v) is 8.88. The number of pyridine rings is 1. The van der Waals surface area contributed by atoms with Gasteiger partial charge in [0.25, 0.3) is 0 Å². The Labute approximate surface area is 171 Å². The van der Waals surface area contributed by atoms with Crippen LogP contribution in [0.15, 0.2) is 36.5 Å². The highest BCUT2D eigenvalue weighted by Crippen LogP contribution is 2.41. The number of aromatic nitrogens is 1. The minimum absolute atomic E-state index is 0.248. The number of amides is 1. The molecule has 4 heterocycles. The van der Waals surface area contributed by atoms with Gasteiger partial charge in [-0.15, -0.1) is 0 Å². The number of anilines is 1. The van der Waals surface area contributed by atoms with Crippen molar-refractivity contribution in [1.29, 1.82) is 0 Å². The van der Waals surface area contributed by atoms with Gasteiger partial charge in [-0.25, -0.2) is 0 Å². The number of likely N-dealkylation sites (tertiary alicyclic amines) is 1. The van der Waals surface area contributed by atoms with Gasteiger partial charge in [-0.2, -0.15) is 0 Å². The zero-order chi connectivity index (χ0) is 19.8. The summed E-state index contributed by atoms with van der Waals surface area (Å²) in [5, 5.41) is 14.7. The lowest BCUT2D eigenvalue weighted by molar-refractivity contribution is -0.147. The number of hydrogen-bond acceptors (Lipinski definition) is 5. The largest absolute Gasteiger partial charge is 0.393 e. The van der Waals surface area contributed by atoms with E-state index in [0.717, 1.165) is 48.9 Å². The van der Waals surface area contributed by atoms with E-state index in [1.165, 1.54) is 6.42 Å². The Morgan fingerprint density at radius 3 is 2.83 bits per heavy atom. The van der Waals surface area contributed by atoms with Crippen molar-refractivity contribution in [2.45, 2.75) is 56.2 Å². The van der Waals surface area contributed by atoms with Crippen molar-refractivity contribution in [1.82, 2.24) is 14.8 Å². The number of aliphatic hydroxyl groups excluding tert-OH is 1. The van der Waals surface area contributed by atoms with E-state index < -0.39 is 0 Å². The van der Waals surface area contributed by atoms with E-state index in [-0.39, 0.29) is 23.6 Å². The summed E-state index contributed by atoms with van der Waals surface area (Å²) in [6, 6.07) is 10.5. The van der Waals surface area contributed by atoms with Gasteiger partial charge in [-0.05, 0) is 57.2 Å². The second-order valence-electron chi connectivity index (χ2n) is 8.88. The second kappa shape index (κ2) is 7.58. The Kier molecular flexibility index (Phi) is 4.92. The summed E-state index contributed by atoms with van der Waals surface area (Å²) in [7, 11) is 0. The van der Waals surface area contributed by atoms with Crippen LogP contribution in [0.1, 0.15) is 38.5 Å². The van der Waals surface area contributed by atoms with Crippen molar-refractivity contribution in [3.05, 3.63) is 36.5 Å². The van der Waals surface area contributed by atoms with E-state index in [0.29, 0.717) is 25.9 Å². The van der Waals surface area contributed by atoms with E-state index >= 15 is 0 Å². The van der Waals surface area contributed by atoms with Crippen molar-refractivity contribution < 1.29 is 9.90 Å². The molecule has 2 aromatic rings. The molecule has 0 aliphatic carbocycles. The monoisotopic (exact) mass is 394 g/mol. The van der Waals surface area contributed by atoms with Crippen LogP contribution in [0, 0.1) is 0 Å². The van der Waals surface area contributed by atoms with Crippen LogP contribution >= 0.6 is 0 Å². The van der Waals surface area contributed by atoms with Crippen LogP contribution in [0.25, 0.3) is 10.9 Å². The average molecular weight is 395 g/mol. The molecule has 1 aromatic heterocycles. The summed E-state index contributed by atoms with van der Waals surface area (Å²) >= 11 is 0. The number of rotatable bonds is 3. The summed E-state index contributed by atoms with van der Waals surface area (Å²) in [5.41, 5.74) is 1.72. The molecule has 0 unspecified atom stereocenters. The lowest BCUT2D eigenvalue weighted by Gasteiger charge is -2.44. The average Bonchev–Trinajstić information content (AvgIpc) is 3.13. The highest BCUT2D eigenvalue weighted by molar-refractivity contribution is 5.91. The van der Waals surface area contributed by atoms with Gasteiger partial charge in [0.2, 0.25) is 5.91 Å². The number of hydrogen-bond donors (Lipinski definition) is 2. The number of aliphatic hydroxyl groups is 1. The Balaban J connectivity index is 1.38. The molecular formula is C23H30N4O2. The van der Waals surface area contributed by atoms with Crippen LogP contribution in [0.4, 0.5) is 5.69 Å². The Morgan fingerprint density at radius 2 is 1.97 bits per heavy atom. The van der Waals surface area contributed by atoms with Crippen molar-refractivity contribution in [3.8, 4) is 0 Å². The van der Waals surface area contributed by atoms with E-state index in [9.17, 15) is 9.90 Å². The van der Waals surface area contributed by atoms with E-state index in [2.05, 4.69) is 21.3 Å². The van der Waals surface area contributed by atoms with Gasteiger partial charge < -0.3 is 15.3 Å². The van der Waals surface area contributed by atoms with Crippen molar-refractivity contribution in [2.24, 2.45) is 0 Å². The molecule has 3 fully saturated rings. The number of nitrogens with zero attached hydrogens (tertiary/aromatic N) is 3. The number of fused-ring (bicyclic) bond motifs is 2. The molecule has 6 heteroatoms. The number of carbonyl (C=O) groups excluding carboxylic acids is 1. The molecule has 0 saturated carbocycles. The molecule has 154 valence electrons. The molecular weight excluding hydrogens is 364 g/mol. The summed E-state index contributed by atoms with van der Waals surface area (Å²) in [5.74, 6) is 0.285. The first-order chi connectivity index (χ1) is 14.2. The standard InChI is InChI=1S/C23H30N4O2/c28-18-8-13-26(14-9-18)22(29)23-10-3-4-12-27(23)16-17(15-23)25-21-7-11-24-20-6-2-1-5-19(20)21/h1-2,5-7,11,17-18,28H,3-4,8-10,12-16H2,(H,24,25)/t17-,23+/m0/s1. The Morgan fingerprint density at radius 1 is 1.14 bits per heavy atom. The Hall–Kier alpha value is -2.18. The predicted octanol–water partition coefficient (Wildman–Crippen LogP) is 2.63. The molecule has 1 aromatic carbocycles. The third-order valence-electron chi connectivity index (χ3n) is 7.06. The van der Waals surface area contributed by atoms with Gasteiger partial charge in [-0.1, -0.05) is 18.2 Å². The quantitative estimate of drug-likeness (QED) is 0.838. The minimum atomic E-state index is -0.374. The first-order valence-electron chi connectivity index (χ1n) is 11.0. The maximum absolute atomic E-state index is 13.6. The molecule has 1 amide bonds. The van der Waals surface area contributed by atoms with Crippen molar-refractivity contribution >= 4 is 22.5 Å². The molecule has 2 N–H and O–H groups in total. The molecule has 0 radical (unpaired) electrons. The molecule has 29 heavy (non-hydrogen) atoms. The van der Waals surface area contributed by atoms with E-state index in [1.807, 2.05) is 35.4 Å². The van der Waals surface area contributed by atoms with Crippen LogP contribution < -0.4 is 5.32 Å². The van der Waals surface area contributed by atoms with Gasteiger partial charge in [0.1, 0.15) is 5.54 Å². The summed E-state index contributed by atoms with van der Waals surface area (Å²) in [6.07, 6.45) is 7.08. The maximum Gasteiger partial charge on any atom is 0.243 e. The number of nitrogens with one attached hydrogen (secondary N) is 1. The highest BCUT2D eigenvalue weighted by atomic mass is 16.3. The normalized spacial score (nSPS) is 28.4. The maximum atomic E-state index is 13.6. The number of piperidine rings is 2. The zero-order valence-corrected chi connectivity index (χ0v) is 16.9. The fraction of sp³-hybridized carbons (Fsp3) is 0.565. The number of carbonyl (C=O) groups is 1. The molecule has 5 rings (SSSR count). The van der Waals surface area contributed by atoms with Crippen LogP contribution in [0.2, 0.25) is 0 Å². The molecule has 0 spiro atoms. The first-order valence-corrected chi connectivity index (χ1v) is 11.0. The predicted molar refractivity (Wildman–Crippen MR) is 114 cm³/mol. The van der Waals surface area contributed by atoms with Gasteiger partial charge >= 0.3 is 0 Å². The number of para-hydroxylation sites is 1. The first kappa shape index (κ1) is 18.8. The fourth-order valence-corrected chi connectivity index (χ4v) is 5.56. The lowest BCUT2D eigenvalue weighted by Crippen LogP contribution is -2.59. The van der Waals surface area contributed by atoms with Gasteiger partial charge in [0, 0.05) is 42.9 Å². The minimum Gasteiger partial charge on any atom is -0.393 e. The molecule has 0 bridgehead atoms. The third kappa shape index (κ3) is 3.38. The van der Waals surface area contributed by atoms with Crippen LogP contribution in [0.3, 0.4) is 0 Å². The summed E-state index contributed by atoms with van der Waals surface area (Å²) in [6.45, 7) is 3.27. The van der Waals surface area contributed by atoms with Crippen LogP contribution in [0.5, 0.6) is 0 Å². The highest BCUT2D eigenvalue weighted by Gasteiger charge is 2.53. The van der Waals surface area contributed by atoms with Gasteiger partial charge in [0.15, 0.2) is 0 Å². The molecule has 3 aliphatic heterocycles. The SMILES string of the molecule is O=C(N1CCC(O)CC1)[C@]12CCCCN1C[C@@H](Nc1ccnc3ccccc13)C2. The van der Waals surface area contributed by atoms with E-state index in [4.69, 9.17) is 0 Å². The molecule has 6 nitrogen and oxygen atoms in total. The van der Waals surface area contributed by atoms with Crippen LogP contribution in [-0.2, 0) is 4.79 Å². The third-order valence-corrected chi connectivity index (χ3v) is 7.06. The lowest BCUT2D eigenvalue weighted by atomic mass is 9.83. The van der Waals surface area contributed by atoms with Crippen LogP contribution in [-0.4, -0.2) is 69.7 Å². The fourth-order valence-electron chi connectivity index (χ4n) is 5.56. The smallest absolute Gasteiger partial charge is 0.243 e. The molecule has 3 aliphatic rings. The number of benzene rings is 1. The topological polar surface area (TPSA) is 68.7 Å². The molecule has 2 atom stereocenters. The van der Waals surface area contributed by atoms with Gasteiger partial charge in [-0.3, -0.25) is 14.7 Å². The van der Waals surface area contributed by atoms with E-state index in [1.54, 1.807) is 0 Å². The summed E-state index contributed by atoms with van der Waals surface area (Å²) in [4.78, 5) is 22.5. The zero-order valence-electron chi connectivity index (χ0n) is 16.9. The van der Waals surface area contributed by atoms with Crippen molar-refractivity contribution in [2.75, 3.05) is 31.5 Å². The summed E-state index contributed by atoms with van der Waals surface area (Å²) < 4.78 is 0.